The summed E-state index contributed by atoms with van der Waals surface area (Å²) in [5, 5.41) is 13.1. The van der Waals surface area contributed by atoms with E-state index < -0.39 is 16.1 Å². The molecule has 2 N–H and O–H groups in total. The smallest absolute Gasteiger partial charge is 0.250 e. The maximum Gasteiger partial charge on any atom is 0.250 e. The Bertz CT molecular complexity index is 901. The maximum absolute atomic E-state index is 12.1. The minimum Gasteiger partial charge on any atom is -0.387 e. The monoisotopic (exact) mass is 373 g/mol. The second kappa shape index (κ2) is 6.27. The average molecular weight is 374 g/mol. The van der Waals surface area contributed by atoms with Gasteiger partial charge in [0.1, 0.15) is 4.21 Å². The van der Waals surface area contributed by atoms with E-state index in [0.717, 1.165) is 27.0 Å². The minimum atomic E-state index is -3.65. The Hall–Kier alpha value is -0.960. The summed E-state index contributed by atoms with van der Waals surface area (Å²) in [7, 11) is -3.65. The zero-order valence-electron chi connectivity index (χ0n) is 11.2. The van der Waals surface area contributed by atoms with Crippen molar-refractivity contribution in [3.8, 4) is 0 Å². The van der Waals surface area contributed by atoms with Crippen LogP contribution in [0.2, 0.25) is 4.34 Å². The summed E-state index contributed by atoms with van der Waals surface area (Å²) in [5.74, 6) is 0. The van der Waals surface area contributed by atoms with Gasteiger partial charge in [-0.05, 0) is 29.0 Å². The Morgan fingerprint density at radius 3 is 2.73 bits per heavy atom. The van der Waals surface area contributed by atoms with E-state index in [4.69, 9.17) is 11.6 Å². The van der Waals surface area contributed by atoms with E-state index in [1.807, 2.05) is 29.6 Å². The molecule has 4 nitrogen and oxygen atoms in total. The molecule has 8 heteroatoms. The first kappa shape index (κ1) is 15.9. The van der Waals surface area contributed by atoms with Crippen molar-refractivity contribution in [1.29, 1.82) is 0 Å². The molecule has 0 spiro atoms. The minimum absolute atomic E-state index is 0.0847. The van der Waals surface area contributed by atoms with Gasteiger partial charge in [-0.3, -0.25) is 0 Å². The summed E-state index contributed by atoms with van der Waals surface area (Å²) >= 11 is 8.26. The number of nitrogens with one attached hydrogen (secondary N) is 1. The van der Waals surface area contributed by atoms with Gasteiger partial charge in [0.2, 0.25) is 10.0 Å². The number of aliphatic hydroxyl groups is 1. The van der Waals surface area contributed by atoms with Crippen molar-refractivity contribution in [2.45, 2.75) is 10.3 Å². The first-order valence-electron chi connectivity index (χ1n) is 6.36. The van der Waals surface area contributed by atoms with Crippen molar-refractivity contribution in [2.24, 2.45) is 0 Å². The highest BCUT2D eigenvalue weighted by molar-refractivity contribution is 7.91. The van der Waals surface area contributed by atoms with Crippen molar-refractivity contribution in [2.75, 3.05) is 6.54 Å². The molecule has 0 aliphatic heterocycles. The number of aliphatic hydroxyl groups excluding tert-OH is 1. The summed E-state index contributed by atoms with van der Waals surface area (Å²) in [6.45, 7) is -0.0847. The number of sulfonamides is 1. The fourth-order valence-corrected chi connectivity index (χ4v) is 5.64. The van der Waals surface area contributed by atoms with Gasteiger partial charge in [0.15, 0.2) is 0 Å². The summed E-state index contributed by atoms with van der Waals surface area (Å²) in [6, 6.07) is 10.7. The molecule has 2 aromatic heterocycles. The molecule has 1 aromatic carbocycles. The second-order valence-corrected chi connectivity index (χ2v) is 9.23. The van der Waals surface area contributed by atoms with Crippen LogP contribution >= 0.6 is 34.3 Å². The Morgan fingerprint density at radius 1 is 1.23 bits per heavy atom. The third-order valence-electron chi connectivity index (χ3n) is 3.15. The standard InChI is InChI=1S/C14H12ClNO3S3/c15-13-5-6-14(21-13)22(18,19)16-7-11(17)10-8-20-12-4-2-1-3-9(10)12/h1-6,8,11,16-17H,7H2/t11-/m0/s1. The molecule has 0 unspecified atom stereocenters. The highest BCUT2D eigenvalue weighted by atomic mass is 35.5. The molecular weight excluding hydrogens is 362 g/mol. The van der Waals surface area contributed by atoms with Crippen molar-refractivity contribution >= 4 is 54.4 Å². The van der Waals surface area contributed by atoms with E-state index in [0.29, 0.717) is 4.34 Å². The SMILES string of the molecule is O=S(=O)(NC[C@H](O)c1csc2ccccc12)c1ccc(Cl)s1. The lowest BCUT2D eigenvalue weighted by Gasteiger charge is -2.11. The molecule has 2 heterocycles. The zero-order valence-corrected chi connectivity index (χ0v) is 14.4. The summed E-state index contributed by atoms with van der Waals surface area (Å²) < 4.78 is 28.3. The van der Waals surface area contributed by atoms with Crippen LogP contribution in [0.15, 0.2) is 46.0 Å². The third-order valence-corrected chi connectivity index (χ3v) is 7.28. The van der Waals surface area contributed by atoms with Gasteiger partial charge in [0, 0.05) is 16.8 Å². The van der Waals surface area contributed by atoms with Crippen LogP contribution in [0.3, 0.4) is 0 Å². The van der Waals surface area contributed by atoms with Crippen LogP contribution in [0.1, 0.15) is 11.7 Å². The van der Waals surface area contributed by atoms with E-state index in [2.05, 4.69) is 4.72 Å². The zero-order chi connectivity index (χ0) is 15.7. The first-order chi connectivity index (χ1) is 10.5. The summed E-state index contributed by atoms with van der Waals surface area (Å²) in [6.07, 6.45) is -0.902. The second-order valence-electron chi connectivity index (χ2n) is 4.61. The van der Waals surface area contributed by atoms with Gasteiger partial charge in [-0.25, -0.2) is 13.1 Å². The molecule has 0 bridgehead atoms. The van der Waals surface area contributed by atoms with Gasteiger partial charge in [-0.15, -0.1) is 22.7 Å². The van der Waals surface area contributed by atoms with Crippen molar-refractivity contribution in [3.63, 3.8) is 0 Å². The van der Waals surface area contributed by atoms with Gasteiger partial charge in [-0.1, -0.05) is 29.8 Å². The molecule has 1 atom stereocenters. The lowest BCUT2D eigenvalue weighted by molar-refractivity contribution is 0.184. The van der Waals surface area contributed by atoms with Crippen molar-refractivity contribution < 1.29 is 13.5 Å². The number of thiophene rings is 2. The maximum atomic E-state index is 12.1. The van der Waals surface area contributed by atoms with Crippen LogP contribution in [0.4, 0.5) is 0 Å². The molecule has 0 saturated carbocycles. The van der Waals surface area contributed by atoms with Crippen LogP contribution < -0.4 is 4.72 Å². The fourth-order valence-electron chi connectivity index (χ4n) is 2.07. The van der Waals surface area contributed by atoms with Crippen LogP contribution in [-0.2, 0) is 10.0 Å². The van der Waals surface area contributed by atoms with Crippen molar-refractivity contribution in [3.05, 3.63) is 51.7 Å². The normalized spacial score (nSPS) is 13.5. The number of hydrogen-bond donors (Lipinski definition) is 2. The van der Waals surface area contributed by atoms with Gasteiger partial charge in [0.05, 0.1) is 10.4 Å². The van der Waals surface area contributed by atoms with E-state index >= 15 is 0 Å². The van der Waals surface area contributed by atoms with Gasteiger partial charge in [0.25, 0.3) is 0 Å². The molecule has 0 radical (unpaired) electrons. The molecule has 0 fully saturated rings. The molecule has 116 valence electrons. The predicted octanol–water partition coefficient (Wildman–Crippen LogP) is 3.63. The summed E-state index contributed by atoms with van der Waals surface area (Å²) in [5.41, 5.74) is 0.729. The topological polar surface area (TPSA) is 66.4 Å². The Balaban J connectivity index is 1.76. The lowest BCUT2D eigenvalue weighted by Crippen LogP contribution is -2.27. The molecular formula is C14H12ClNO3S3. The van der Waals surface area contributed by atoms with E-state index in [-0.39, 0.29) is 10.8 Å². The Labute approximate surface area is 141 Å². The first-order valence-corrected chi connectivity index (χ1v) is 9.92. The molecule has 0 aliphatic carbocycles. The van der Waals surface area contributed by atoms with Gasteiger partial charge in [-0.2, -0.15) is 0 Å². The quantitative estimate of drug-likeness (QED) is 0.717. The molecule has 3 rings (SSSR count). The highest BCUT2D eigenvalue weighted by Crippen LogP contribution is 2.30. The lowest BCUT2D eigenvalue weighted by atomic mass is 10.1. The highest BCUT2D eigenvalue weighted by Gasteiger charge is 2.20. The fraction of sp³-hybridized carbons (Fsp3) is 0.143. The van der Waals surface area contributed by atoms with Crippen LogP contribution in [0.5, 0.6) is 0 Å². The molecule has 22 heavy (non-hydrogen) atoms. The Morgan fingerprint density at radius 2 is 2.00 bits per heavy atom. The number of benzene rings is 1. The molecule has 3 aromatic rings. The van der Waals surface area contributed by atoms with E-state index in [1.54, 1.807) is 0 Å². The Kier molecular flexibility index (Phi) is 4.54. The van der Waals surface area contributed by atoms with E-state index in [9.17, 15) is 13.5 Å². The van der Waals surface area contributed by atoms with Crippen LogP contribution in [-0.4, -0.2) is 20.1 Å². The van der Waals surface area contributed by atoms with Crippen LogP contribution in [0.25, 0.3) is 10.1 Å². The molecule has 0 amide bonds. The summed E-state index contributed by atoms with van der Waals surface area (Å²) in [4.78, 5) is 0. The third kappa shape index (κ3) is 3.19. The van der Waals surface area contributed by atoms with Gasteiger partial charge >= 0.3 is 0 Å². The largest absolute Gasteiger partial charge is 0.387 e. The molecule has 0 saturated heterocycles. The number of rotatable bonds is 5. The molecule has 0 aliphatic rings. The predicted molar refractivity (Wildman–Crippen MR) is 91.3 cm³/mol. The van der Waals surface area contributed by atoms with E-state index in [1.165, 1.54) is 23.5 Å². The van der Waals surface area contributed by atoms with Gasteiger partial charge < -0.3 is 5.11 Å². The van der Waals surface area contributed by atoms with Crippen molar-refractivity contribution in [1.82, 2.24) is 4.72 Å². The van der Waals surface area contributed by atoms with Crippen LogP contribution in [0, 0.1) is 0 Å². The average Bonchev–Trinajstić information content (AvgIpc) is 3.11. The number of halogens is 1. The number of hydrogen-bond acceptors (Lipinski definition) is 5. The number of fused-ring (bicyclic) bond motifs is 1.